The van der Waals surface area contributed by atoms with E-state index in [1.807, 2.05) is 34.7 Å². The Morgan fingerprint density at radius 3 is 2.59 bits per heavy atom. The van der Waals surface area contributed by atoms with Crippen molar-refractivity contribution in [1.82, 2.24) is 4.98 Å². The molecule has 2 aromatic heterocycles. The predicted molar refractivity (Wildman–Crippen MR) is 156 cm³/mol. The molecule has 0 aliphatic rings. The van der Waals surface area contributed by atoms with Crippen LogP contribution in [0.15, 0.2) is 81.4 Å². The molecule has 0 unspecified atom stereocenters. The summed E-state index contributed by atoms with van der Waals surface area (Å²) in [5.74, 6) is 0.690. The third-order valence-electron chi connectivity index (χ3n) is 5.78. The zero-order valence-corrected chi connectivity index (χ0v) is 23.4. The SMILES string of the molecule is C=CSc1ccc(-c2nccc3sc4cc(S/C(C)=C/CC(C)C)ccc4c23)cc1C(C)(C)C. The van der Waals surface area contributed by atoms with Crippen LogP contribution in [-0.2, 0) is 5.41 Å². The number of thiophene rings is 1. The third kappa shape index (κ3) is 5.45. The Morgan fingerprint density at radius 1 is 1.09 bits per heavy atom. The highest BCUT2D eigenvalue weighted by molar-refractivity contribution is 8.03. The first-order chi connectivity index (χ1) is 16.2. The Kier molecular flexibility index (Phi) is 7.61. The van der Waals surface area contributed by atoms with E-state index >= 15 is 0 Å². The van der Waals surface area contributed by atoms with E-state index in [0.717, 1.165) is 12.1 Å². The van der Waals surface area contributed by atoms with Crippen molar-refractivity contribution in [3.63, 3.8) is 0 Å². The number of hydrogen-bond donors (Lipinski definition) is 0. The lowest BCUT2D eigenvalue weighted by atomic mass is 9.85. The third-order valence-corrected chi connectivity index (χ3v) is 8.65. The molecule has 34 heavy (non-hydrogen) atoms. The Bertz CT molecular complexity index is 1370. The highest BCUT2D eigenvalue weighted by Crippen LogP contribution is 2.42. The second-order valence-electron chi connectivity index (χ2n) is 10.1. The van der Waals surface area contributed by atoms with Gasteiger partial charge in [0.15, 0.2) is 0 Å². The van der Waals surface area contributed by atoms with Gasteiger partial charge in [0.2, 0.25) is 0 Å². The summed E-state index contributed by atoms with van der Waals surface area (Å²) in [5.41, 5.74) is 3.61. The smallest absolute Gasteiger partial charge is 0.0795 e. The highest BCUT2D eigenvalue weighted by Gasteiger charge is 2.20. The van der Waals surface area contributed by atoms with Crippen molar-refractivity contribution < 1.29 is 0 Å². The van der Waals surface area contributed by atoms with Crippen LogP contribution >= 0.6 is 34.9 Å². The van der Waals surface area contributed by atoms with E-state index in [-0.39, 0.29) is 5.41 Å². The molecule has 0 fully saturated rings. The van der Waals surface area contributed by atoms with Gasteiger partial charge in [-0.2, -0.15) is 0 Å². The minimum atomic E-state index is 0.0407. The average molecular weight is 504 g/mol. The quantitative estimate of drug-likeness (QED) is 0.233. The second kappa shape index (κ2) is 10.3. The second-order valence-corrected chi connectivity index (χ2v) is 13.5. The maximum absolute atomic E-state index is 4.88. The van der Waals surface area contributed by atoms with Crippen LogP contribution in [0.4, 0.5) is 0 Å². The van der Waals surface area contributed by atoms with Gasteiger partial charge in [0.1, 0.15) is 0 Å². The summed E-state index contributed by atoms with van der Waals surface area (Å²) in [5, 5.41) is 4.46. The zero-order valence-electron chi connectivity index (χ0n) is 20.9. The van der Waals surface area contributed by atoms with Crippen LogP contribution in [0.25, 0.3) is 31.4 Å². The number of rotatable bonds is 7. The molecular formula is C30H33NS3. The molecule has 176 valence electrons. The number of allylic oxidation sites excluding steroid dienone is 2. The number of fused-ring (bicyclic) bond motifs is 3. The fourth-order valence-electron chi connectivity index (χ4n) is 4.07. The van der Waals surface area contributed by atoms with Crippen molar-refractivity contribution >= 4 is 55.0 Å². The van der Waals surface area contributed by atoms with Gasteiger partial charge in [-0.3, -0.25) is 4.98 Å². The van der Waals surface area contributed by atoms with Gasteiger partial charge in [-0.25, -0.2) is 0 Å². The molecule has 0 N–H and O–H groups in total. The molecule has 0 saturated heterocycles. The Balaban J connectivity index is 1.80. The molecule has 1 nitrogen and oxygen atoms in total. The van der Waals surface area contributed by atoms with Crippen molar-refractivity contribution in [3.05, 3.63) is 77.2 Å². The first-order valence-electron chi connectivity index (χ1n) is 11.8. The van der Waals surface area contributed by atoms with Crippen molar-refractivity contribution in [1.29, 1.82) is 0 Å². The number of aromatic nitrogens is 1. The van der Waals surface area contributed by atoms with E-state index in [9.17, 15) is 0 Å². The standard InChI is InChI=1S/C30H33NS3/c1-8-32-25-14-11-21(17-24(25)30(5,6)7)29-28-23-13-12-22(33-20(4)10-9-19(2)3)18-27(23)34-26(28)15-16-31-29/h8,10-19H,1,9H2,2-7H3/b20-10+. The fraction of sp³-hybridized carbons (Fsp3) is 0.300. The number of benzene rings is 2. The van der Waals surface area contributed by atoms with Gasteiger partial charge in [-0.1, -0.05) is 82.9 Å². The van der Waals surface area contributed by atoms with Crippen LogP contribution in [0, 0.1) is 5.92 Å². The molecule has 4 rings (SSSR count). The summed E-state index contributed by atoms with van der Waals surface area (Å²) in [6, 6.07) is 15.8. The summed E-state index contributed by atoms with van der Waals surface area (Å²) in [4.78, 5) is 8.80. The topological polar surface area (TPSA) is 12.9 Å². The maximum Gasteiger partial charge on any atom is 0.0795 e. The van der Waals surface area contributed by atoms with Crippen molar-refractivity contribution in [2.75, 3.05) is 0 Å². The van der Waals surface area contributed by atoms with Crippen molar-refractivity contribution in [3.8, 4) is 11.3 Å². The molecule has 2 heterocycles. The first kappa shape index (κ1) is 25.1. The van der Waals surface area contributed by atoms with Gasteiger partial charge < -0.3 is 0 Å². The maximum atomic E-state index is 4.88. The normalized spacial score (nSPS) is 12.7. The van der Waals surface area contributed by atoms with E-state index in [4.69, 9.17) is 4.98 Å². The largest absolute Gasteiger partial charge is 0.256 e. The lowest BCUT2D eigenvalue weighted by Crippen LogP contribution is -2.12. The molecule has 2 aromatic carbocycles. The van der Waals surface area contributed by atoms with Crippen LogP contribution < -0.4 is 0 Å². The van der Waals surface area contributed by atoms with Crippen LogP contribution in [0.3, 0.4) is 0 Å². The van der Waals surface area contributed by atoms with E-state index in [1.54, 1.807) is 11.8 Å². The van der Waals surface area contributed by atoms with Gasteiger partial charge in [-0.05, 0) is 70.9 Å². The van der Waals surface area contributed by atoms with Crippen LogP contribution in [0.2, 0.25) is 0 Å². The molecule has 0 atom stereocenters. The fourth-order valence-corrected chi connectivity index (χ4v) is 6.97. The average Bonchev–Trinajstić information content (AvgIpc) is 3.15. The molecule has 0 spiro atoms. The summed E-state index contributed by atoms with van der Waals surface area (Å²) in [6.45, 7) is 17.5. The lowest BCUT2D eigenvalue weighted by molar-refractivity contribution is 0.578. The Hall–Kier alpha value is -2.01. The predicted octanol–water partition coefficient (Wildman–Crippen LogP) is 10.7. The van der Waals surface area contributed by atoms with Crippen LogP contribution in [-0.4, -0.2) is 4.98 Å². The molecule has 0 radical (unpaired) electrons. The van der Waals surface area contributed by atoms with Gasteiger partial charge in [0.05, 0.1) is 5.69 Å². The summed E-state index contributed by atoms with van der Waals surface area (Å²) in [6.07, 6.45) is 5.43. The number of thioether (sulfide) groups is 2. The molecule has 4 aromatic rings. The van der Waals surface area contributed by atoms with Gasteiger partial charge in [0, 0.05) is 41.7 Å². The lowest BCUT2D eigenvalue weighted by Gasteiger charge is -2.23. The minimum Gasteiger partial charge on any atom is -0.256 e. The van der Waals surface area contributed by atoms with E-state index in [2.05, 4.69) is 96.7 Å². The minimum absolute atomic E-state index is 0.0407. The summed E-state index contributed by atoms with van der Waals surface area (Å²) in [7, 11) is 0. The van der Waals surface area contributed by atoms with Crippen molar-refractivity contribution in [2.24, 2.45) is 5.92 Å². The molecule has 0 saturated carbocycles. The van der Waals surface area contributed by atoms with Crippen LogP contribution in [0.5, 0.6) is 0 Å². The van der Waals surface area contributed by atoms with Gasteiger partial charge in [-0.15, -0.1) is 11.3 Å². The van der Waals surface area contributed by atoms with Crippen molar-refractivity contribution in [2.45, 2.75) is 63.2 Å². The molecule has 0 bridgehead atoms. The van der Waals surface area contributed by atoms with Crippen LogP contribution in [0.1, 0.15) is 53.5 Å². The number of nitrogens with zero attached hydrogens (tertiary/aromatic N) is 1. The molecular weight excluding hydrogens is 471 g/mol. The number of hydrogen-bond acceptors (Lipinski definition) is 4. The zero-order chi connectivity index (χ0) is 24.5. The van der Waals surface area contributed by atoms with E-state index in [0.29, 0.717) is 5.92 Å². The summed E-state index contributed by atoms with van der Waals surface area (Å²) < 4.78 is 2.61. The molecule has 0 aliphatic heterocycles. The van der Waals surface area contributed by atoms with E-state index in [1.165, 1.54) is 46.0 Å². The highest BCUT2D eigenvalue weighted by atomic mass is 32.2. The summed E-state index contributed by atoms with van der Waals surface area (Å²) >= 11 is 5.41. The molecule has 0 amide bonds. The number of pyridine rings is 1. The molecule has 0 aliphatic carbocycles. The monoisotopic (exact) mass is 503 g/mol. The first-order valence-corrected chi connectivity index (χ1v) is 14.3. The van der Waals surface area contributed by atoms with E-state index < -0.39 is 0 Å². The Morgan fingerprint density at radius 2 is 1.88 bits per heavy atom. The van der Waals surface area contributed by atoms with Gasteiger partial charge in [0.25, 0.3) is 0 Å². The van der Waals surface area contributed by atoms with Gasteiger partial charge >= 0.3 is 0 Å². The molecule has 4 heteroatoms. The Labute approximate surface area is 216 Å².